The summed E-state index contributed by atoms with van der Waals surface area (Å²) in [6, 6.07) is 4.33. The Morgan fingerprint density at radius 3 is 2.67 bits per heavy atom. The summed E-state index contributed by atoms with van der Waals surface area (Å²) in [7, 11) is 2.10. The van der Waals surface area contributed by atoms with Gasteiger partial charge in [0, 0.05) is 40.3 Å². The van der Waals surface area contributed by atoms with Gasteiger partial charge in [-0.2, -0.15) is 11.3 Å². The van der Waals surface area contributed by atoms with Crippen LogP contribution in [0.4, 0.5) is 0 Å². The van der Waals surface area contributed by atoms with Crippen molar-refractivity contribution in [3.8, 4) is 21.8 Å². The van der Waals surface area contributed by atoms with Crippen molar-refractivity contribution in [3.05, 3.63) is 39.7 Å². The smallest absolute Gasteiger partial charge is 0.124 e. The Labute approximate surface area is 115 Å². The molecule has 0 amide bonds. The standard InChI is InChI=1S/C14H14N2S2/c1-9-6-12(10(2)16(9)3)13-8-18-14(15-13)11-4-5-17-7-11/h4-8H,1-3H3. The van der Waals surface area contributed by atoms with E-state index in [4.69, 9.17) is 4.98 Å². The molecule has 4 heteroatoms. The molecule has 0 spiro atoms. The maximum absolute atomic E-state index is 4.75. The lowest BCUT2D eigenvalue weighted by molar-refractivity contribution is 0.845. The zero-order chi connectivity index (χ0) is 12.7. The molecular formula is C14H14N2S2. The number of rotatable bonds is 2. The van der Waals surface area contributed by atoms with Gasteiger partial charge in [0.2, 0.25) is 0 Å². The lowest BCUT2D eigenvalue weighted by Gasteiger charge is -1.99. The van der Waals surface area contributed by atoms with Crippen LogP contribution in [0.3, 0.4) is 0 Å². The second-order valence-corrected chi connectivity index (χ2v) is 6.03. The lowest BCUT2D eigenvalue weighted by Crippen LogP contribution is -1.92. The molecule has 0 fully saturated rings. The average Bonchev–Trinajstić information content (AvgIpc) is 3.05. The van der Waals surface area contributed by atoms with Gasteiger partial charge in [-0.15, -0.1) is 11.3 Å². The highest BCUT2D eigenvalue weighted by atomic mass is 32.1. The maximum Gasteiger partial charge on any atom is 0.124 e. The van der Waals surface area contributed by atoms with E-state index in [1.165, 1.54) is 22.5 Å². The van der Waals surface area contributed by atoms with Gasteiger partial charge in [-0.3, -0.25) is 0 Å². The molecule has 0 aliphatic rings. The summed E-state index contributed by atoms with van der Waals surface area (Å²) in [6.07, 6.45) is 0. The van der Waals surface area contributed by atoms with E-state index in [0.717, 1.165) is 10.7 Å². The van der Waals surface area contributed by atoms with Gasteiger partial charge >= 0.3 is 0 Å². The monoisotopic (exact) mass is 274 g/mol. The number of nitrogens with zero attached hydrogens (tertiary/aromatic N) is 2. The first-order valence-electron chi connectivity index (χ1n) is 5.78. The first-order chi connectivity index (χ1) is 8.66. The third kappa shape index (κ3) is 1.82. The minimum atomic E-state index is 1.09. The number of aryl methyl sites for hydroxylation is 1. The molecule has 0 radical (unpaired) electrons. The first-order valence-corrected chi connectivity index (χ1v) is 7.60. The van der Waals surface area contributed by atoms with Crippen molar-refractivity contribution in [1.29, 1.82) is 0 Å². The van der Waals surface area contributed by atoms with Crippen LogP contribution in [0.1, 0.15) is 11.4 Å². The van der Waals surface area contributed by atoms with Gasteiger partial charge in [-0.05, 0) is 31.4 Å². The topological polar surface area (TPSA) is 17.8 Å². The summed E-state index contributed by atoms with van der Waals surface area (Å²) in [6.45, 7) is 4.27. The molecule has 0 N–H and O–H groups in total. The van der Waals surface area contributed by atoms with Gasteiger partial charge in [0.05, 0.1) is 5.69 Å². The molecule has 3 rings (SSSR count). The molecule has 3 aromatic heterocycles. The van der Waals surface area contributed by atoms with Crippen LogP contribution < -0.4 is 0 Å². The van der Waals surface area contributed by atoms with E-state index in [1.807, 2.05) is 0 Å². The Morgan fingerprint density at radius 1 is 1.22 bits per heavy atom. The number of hydrogen-bond donors (Lipinski definition) is 0. The highest BCUT2D eigenvalue weighted by Crippen LogP contribution is 2.32. The molecule has 18 heavy (non-hydrogen) atoms. The van der Waals surface area contributed by atoms with Crippen LogP contribution in [0, 0.1) is 13.8 Å². The Balaban J connectivity index is 2.06. The fourth-order valence-electron chi connectivity index (χ4n) is 2.03. The molecule has 0 bridgehead atoms. The third-order valence-corrected chi connectivity index (χ3v) is 4.90. The molecule has 92 valence electrons. The van der Waals surface area contributed by atoms with Crippen molar-refractivity contribution >= 4 is 22.7 Å². The second-order valence-electron chi connectivity index (χ2n) is 4.39. The molecule has 0 atom stereocenters. The zero-order valence-electron chi connectivity index (χ0n) is 10.6. The van der Waals surface area contributed by atoms with Crippen molar-refractivity contribution in [2.24, 2.45) is 7.05 Å². The number of aromatic nitrogens is 2. The Bertz CT molecular complexity index is 675. The molecule has 0 aliphatic heterocycles. The zero-order valence-corrected chi connectivity index (χ0v) is 12.2. The highest BCUT2D eigenvalue weighted by molar-refractivity contribution is 7.14. The Hall–Kier alpha value is -1.39. The van der Waals surface area contributed by atoms with Crippen LogP contribution in [0.5, 0.6) is 0 Å². The number of hydrogen-bond acceptors (Lipinski definition) is 3. The molecule has 3 aromatic rings. The first kappa shape index (κ1) is 11.7. The van der Waals surface area contributed by atoms with Crippen molar-refractivity contribution < 1.29 is 0 Å². The van der Waals surface area contributed by atoms with Crippen molar-refractivity contribution in [2.75, 3.05) is 0 Å². The average molecular weight is 274 g/mol. The summed E-state index contributed by atoms with van der Waals surface area (Å²) >= 11 is 3.42. The van der Waals surface area contributed by atoms with E-state index >= 15 is 0 Å². The lowest BCUT2D eigenvalue weighted by atomic mass is 10.2. The Kier molecular flexibility index (Phi) is 2.84. The van der Waals surface area contributed by atoms with Crippen molar-refractivity contribution in [1.82, 2.24) is 9.55 Å². The summed E-state index contributed by atoms with van der Waals surface area (Å²) in [5.74, 6) is 0. The van der Waals surface area contributed by atoms with E-state index in [0.29, 0.717) is 0 Å². The van der Waals surface area contributed by atoms with E-state index in [2.05, 4.69) is 53.7 Å². The van der Waals surface area contributed by atoms with E-state index < -0.39 is 0 Å². The van der Waals surface area contributed by atoms with Gasteiger partial charge in [-0.1, -0.05) is 0 Å². The summed E-state index contributed by atoms with van der Waals surface area (Å²) in [4.78, 5) is 4.75. The van der Waals surface area contributed by atoms with Gasteiger partial charge in [0.15, 0.2) is 0 Å². The van der Waals surface area contributed by atoms with E-state index in [9.17, 15) is 0 Å². The largest absolute Gasteiger partial charge is 0.351 e. The quantitative estimate of drug-likeness (QED) is 0.673. The highest BCUT2D eigenvalue weighted by Gasteiger charge is 2.12. The number of thiazole rings is 1. The summed E-state index contributed by atoms with van der Waals surface area (Å²) < 4.78 is 2.21. The van der Waals surface area contributed by atoms with Crippen molar-refractivity contribution in [2.45, 2.75) is 13.8 Å². The van der Waals surface area contributed by atoms with Crippen LogP contribution in [-0.4, -0.2) is 9.55 Å². The van der Waals surface area contributed by atoms with Crippen LogP contribution >= 0.6 is 22.7 Å². The van der Waals surface area contributed by atoms with Gasteiger partial charge in [0.1, 0.15) is 5.01 Å². The normalized spacial score (nSPS) is 11.1. The molecule has 3 heterocycles. The minimum absolute atomic E-state index is 1.09. The molecule has 0 unspecified atom stereocenters. The van der Waals surface area contributed by atoms with Crippen LogP contribution in [0.15, 0.2) is 28.3 Å². The molecule has 2 nitrogen and oxygen atoms in total. The summed E-state index contributed by atoms with van der Waals surface area (Å²) in [5.41, 5.74) is 6.10. The van der Waals surface area contributed by atoms with E-state index in [-0.39, 0.29) is 0 Å². The Morgan fingerprint density at radius 2 is 2.06 bits per heavy atom. The fraction of sp³-hybridized carbons (Fsp3) is 0.214. The van der Waals surface area contributed by atoms with Crippen LogP contribution in [-0.2, 0) is 7.05 Å². The molecule has 0 saturated heterocycles. The third-order valence-electron chi connectivity index (χ3n) is 3.32. The minimum Gasteiger partial charge on any atom is -0.351 e. The van der Waals surface area contributed by atoms with Gasteiger partial charge in [-0.25, -0.2) is 4.98 Å². The van der Waals surface area contributed by atoms with Gasteiger partial charge in [0.25, 0.3) is 0 Å². The van der Waals surface area contributed by atoms with Crippen LogP contribution in [0.25, 0.3) is 21.8 Å². The molecule has 0 aromatic carbocycles. The predicted molar refractivity (Wildman–Crippen MR) is 79.3 cm³/mol. The molecular weight excluding hydrogens is 260 g/mol. The maximum atomic E-state index is 4.75. The van der Waals surface area contributed by atoms with Gasteiger partial charge < -0.3 is 4.57 Å². The van der Waals surface area contributed by atoms with Crippen molar-refractivity contribution in [3.63, 3.8) is 0 Å². The predicted octanol–water partition coefficient (Wildman–Crippen LogP) is 4.49. The fourth-order valence-corrected chi connectivity index (χ4v) is 3.56. The second kappa shape index (κ2) is 4.37. The molecule has 0 saturated carbocycles. The SMILES string of the molecule is Cc1cc(-c2csc(-c3ccsc3)n2)c(C)n1C. The molecule has 0 aliphatic carbocycles. The van der Waals surface area contributed by atoms with E-state index in [1.54, 1.807) is 22.7 Å². The summed E-state index contributed by atoms with van der Waals surface area (Å²) in [5, 5.41) is 7.49. The van der Waals surface area contributed by atoms with Crippen LogP contribution in [0.2, 0.25) is 0 Å². The number of thiophene rings is 1.